The van der Waals surface area contributed by atoms with E-state index in [0.717, 1.165) is 27.9 Å². The lowest BCUT2D eigenvalue weighted by Gasteiger charge is -2.14. The fraction of sp³-hybridized carbons (Fsp3) is 0.0714. The molecule has 0 spiro atoms. The molecule has 0 fully saturated rings. The second kappa shape index (κ2) is 10.0. The second-order valence-electron chi connectivity index (χ2n) is 7.90. The van der Waals surface area contributed by atoms with Gasteiger partial charge in [-0.2, -0.15) is 10.2 Å². The van der Waals surface area contributed by atoms with Crippen molar-refractivity contribution >= 4 is 23.0 Å². The molecular weight excluding hydrogens is 438 g/mol. The van der Waals surface area contributed by atoms with Gasteiger partial charge >= 0.3 is 0 Å². The molecule has 0 bridgehead atoms. The number of benzene rings is 3. The van der Waals surface area contributed by atoms with Crippen molar-refractivity contribution in [3.8, 4) is 22.7 Å². The normalized spacial score (nSPS) is 12.0. The van der Waals surface area contributed by atoms with Gasteiger partial charge in [-0.05, 0) is 31.2 Å². The summed E-state index contributed by atoms with van der Waals surface area (Å²) in [5.41, 5.74) is 6.70. The van der Waals surface area contributed by atoms with Gasteiger partial charge in [-0.1, -0.05) is 66.7 Å². The van der Waals surface area contributed by atoms with Crippen LogP contribution in [0.15, 0.2) is 108 Å². The van der Waals surface area contributed by atoms with E-state index in [2.05, 4.69) is 15.5 Å². The highest BCUT2D eigenvalue weighted by atomic mass is 16.5. The van der Waals surface area contributed by atoms with Crippen LogP contribution >= 0.6 is 0 Å². The summed E-state index contributed by atoms with van der Waals surface area (Å²) in [6, 6.07) is 29.1. The highest BCUT2D eigenvalue weighted by Gasteiger charge is 2.16. The molecule has 0 aliphatic heterocycles. The van der Waals surface area contributed by atoms with Gasteiger partial charge in [-0.3, -0.25) is 9.78 Å². The van der Waals surface area contributed by atoms with Crippen molar-refractivity contribution < 1.29 is 9.53 Å². The topological polar surface area (TPSA) is 81.4 Å². The standard InChI is InChI=1S/C28H23N5O2/c1-20(35-25-16-8-12-22-13-9-17-29-27(22)25)28(34)31-30-18-23-19-33(24-14-6-3-7-15-24)32-26(23)21-10-4-2-5-11-21/h2-20H,1H3,(H,31,34)/b30-18+. The largest absolute Gasteiger partial charge is 0.479 e. The van der Waals surface area contributed by atoms with Crippen LogP contribution in [-0.4, -0.2) is 33.0 Å². The van der Waals surface area contributed by atoms with Gasteiger partial charge in [0.25, 0.3) is 5.91 Å². The lowest BCUT2D eigenvalue weighted by molar-refractivity contribution is -0.127. The van der Waals surface area contributed by atoms with Crippen LogP contribution < -0.4 is 10.2 Å². The van der Waals surface area contributed by atoms with Crippen LogP contribution in [0.1, 0.15) is 12.5 Å². The van der Waals surface area contributed by atoms with Crippen molar-refractivity contribution in [3.63, 3.8) is 0 Å². The minimum Gasteiger partial charge on any atom is -0.479 e. The number of nitrogens with one attached hydrogen (secondary N) is 1. The molecule has 172 valence electrons. The molecule has 1 amide bonds. The third kappa shape index (κ3) is 4.94. The monoisotopic (exact) mass is 461 g/mol. The lowest BCUT2D eigenvalue weighted by Crippen LogP contribution is -2.33. The number of hydrazone groups is 1. The zero-order valence-corrected chi connectivity index (χ0v) is 19.1. The van der Waals surface area contributed by atoms with Crippen LogP contribution in [0.3, 0.4) is 0 Å². The minimum atomic E-state index is -0.764. The first-order valence-corrected chi connectivity index (χ1v) is 11.2. The molecular formula is C28H23N5O2. The SMILES string of the molecule is CC(Oc1cccc2cccnc12)C(=O)N/N=C/c1cn(-c2ccccc2)nc1-c1ccccc1. The third-order valence-corrected chi connectivity index (χ3v) is 5.46. The van der Waals surface area contributed by atoms with E-state index in [1.807, 2.05) is 91.1 Å². The van der Waals surface area contributed by atoms with Crippen LogP contribution in [0.2, 0.25) is 0 Å². The average Bonchev–Trinajstić information content (AvgIpc) is 3.34. The number of pyridine rings is 1. The molecule has 0 aliphatic rings. The summed E-state index contributed by atoms with van der Waals surface area (Å²) in [6.07, 6.45) is 4.42. The fourth-order valence-corrected chi connectivity index (χ4v) is 3.69. The number of amides is 1. The molecule has 2 aromatic heterocycles. The predicted molar refractivity (Wildman–Crippen MR) is 137 cm³/mol. The van der Waals surface area contributed by atoms with E-state index in [4.69, 9.17) is 9.84 Å². The molecule has 1 unspecified atom stereocenters. The van der Waals surface area contributed by atoms with Crippen molar-refractivity contribution in [1.29, 1.82) is 0 Å². The maximum Gasteiger partial charge on any atom is 0.280 e. The average molecular weight is 462 g/mol. The van der Waals surface area contributed by atoms with Gasteiger partial charge in [0.2, 0.25) is 0 Å². The number of hydrogen-bond donors (Lipinski definition) is 1. The molecule has 2 heterocycles. The molecule has 1 atom stereocenters. The molecule has 3 aromatic carbocycles. The van der Waals surface area contributed by atoms with Crippen molar-refractivity contribution in [3.05, 3.63) is 109 Å². The molecule has 0 radical (unpaired) electrons. The van der Waals surface area contributed by atoms with Gasteiger partial charge in [0.1, 0.15) is 17.0 Å². The van der Waals surface area contributed by atoms with E-state index >= 15 is 0 Å². The van der Waals surface area contributed by atoms with Gasteiger partial charge in [0.05, 0.1) is 11.9 Å². The molecule has 0 saturated carbocycles. The number of para-hydroxylation sites is 2. The maximum atomic E-state index is 12.7. The van der Waals surface area contributed by atoms with Gasteiger partial charge < -0.3 is 4.74 Å². The summed E-state index contributed by atoms with van der Waals surface area (Å²) in [4.78, 5) is 17.0. The van der Waals surface area contributed by atoms with Crippen molar-refractivity contribution in [2.45, 2.75) is 13.0 Å². The van der Waals surface area contributed by atoms with Crippen molar-refractivity contribution in [2.24, 2.45) is 5.10 Å². The van der Waals surface area contributed by atoms with E-state index in [1.165, 1.54) is 0 Å². The Morgan fingerprint density at radius 3 is 2.51 bits per heavy atom. The molecule has 5 aromatic rings. The van der Waals surface area contributed by atoms with Crippen molar-refractivity contribution in [2.75, 3.05) is 0 Å². The highest BCUT2D eigenvalue weighted by molar-refractivity contribution is 5.90. The predicted octanol–water partition coefficient (Wildman–Crippen LogP) is 5.01. The van der Waals surface area contributed by atoms with E-state index in [-0.39, 0.29) is 5.91 Å². The lowest BCUT2D eigenvalue weighted by atomic mass is 10.1. The number of rotatable bonds is 7. The van der Waals surface area contributed by atoms with Crippen LogP contribution in [0.5, 0.6) is 5.75 Å². The Kier molecular flexibility index (Phi) is 6.30. The smallest absolute Gasteiger partial charge is 0.280 e. The van der Waals surface area contributed by atoms with E-state index in [1.54, 1.807) is 30.1 Å². The van der Waals surface area contributed by atoms with E-state index < -0.39 is 6.10 Å². The van der Waals surface area contributed by atoms with E-state index in [0.29, 0.717) is 11.3 Å². The fourth-order valence-electron chi connectivity index (χ4n) is 3.69. The number of nitrogens with zero attached hydrogens (tertiary/aromatic N) is 4. The number of ether oxygens (including phenoxy) is 1. The Morgan fingerprint density at radius 2 is 1.71 bits per heavy atom. The molecule has 0 saturated heterocycles. The number of aromatic nitrogens is 3. The Balaban J connectivity index is 1.33. The molecule has 1 N–H and O–H groups in total. The van der Waals surface area contributed by atoms with Crippen LogP contribution in [0.4, 0.5) is 0 Å². The Bertz CT molecular complexity index is 1470. The molecule has 7 nitrogen and oxygen atoms in total. The third-order valence-electron chi connectivity index (χ3n) is 5.46. The summed E-state index contributed by atoms with van der Waals surface area (Å²) in [7, 11) is 0. The molecule has 7 heteroatoms. The molecule has 0 aliphatic carbocycles. The van der Waals surface area contributed by atoms with Gasteiger partial charge in [-0.15, -0.1) is 0 Å². The summed E-state index contributed by atoms with van der Waals surface area (Å²) in [5, 5.41) is 9.88. The second-order valence-corrected chi connectivity index (χ2v) is 7.90. The number of fused-ring (bicyclic) bond motifs is 1. The summed E-state index contributed by atoms with van der Waals surface area (Å²) in [6.45, 7) is 1.68. The van der Waals surface area contributed by atoms with Gasteiger partial charge in [0, 0.05) is 28.9 Å². The molecule has 5 rings (SSSR count). The quantitative estimate of drug-likeness (QED) is 0.273. The summed E-state index contributed by atoms with van der Waals surface area (Å²) < 4.78 is 7.68. The number of carbonyl (C=O) groups is 1. The number of hydrogen-bond acceptors (Lipinski definition) is 5. The van der Waals surface area contributed by atoms with Crippen LogP contribution in [0, 0.1) is 0 Å². The Labute approximate surface area is 202 Å². The first-order chi connectivity index (χ1) is 17.2. The van der Waals surface area contributed by atoms with Crippen LogP contribution in [-0.2, 0) is 4.79 Å². The van der Waals surface area contributed by atoms with Crippen molar-refractivity contribution in [1.82, 2.24) is 20.2 Å². The van der Waals surface area contributed by atoms with Crippen LogP contribution in [0.25, 0.3) is 27.8 Å². The zero-order valence-electron chi connectivity index (χ0n) is 19.1. The minimum absolute atomic E-state index is 0.370. The number of carbonyl (C=O) groups excluding carboxylic acids is 1. The van der Waals surface area contributed by atoms with Gasteiger partial charge in [0.15, 0.2) is 6.10 Å². The van der Waals surface area contributed by atoms with Gasteiger partial charge in [-0.25, -0.2) is 10.1 Å². The first kappa shape index (κ1) is 22.0. The summed E-state index contributed by atoms with van der Waals surface area (Å²) in [5.74, 6) is 0.177. The first-order valence-electron chi connectivity index (χ1n) is 11.2. The highest BCUT2D eigenvalue weighted by Crippen LogP contribution is 2.24. The summed E-state index contributed by atoms with van der Waals surface area (Å²) >= 11 is 0. The maximum absolute atomic E-state index is 12.7. The Hall–Kier alpha value is -4.78. The Morgan fingerprint density at radius 1 is 0.971 bits per heavy atom. The van der Waals surface area contributed by atoms with E-state index in [9.17, 15) is 4.79 Å². The zero-order chi connectivity index (χ0) is 24.0. The molecule has 35 heavy (non-hydrogen) atoms.